The highest BCUT2D eigenvalue weighted by Crippen LogP contribution is 2.17. The van der Waals surface area contributed by atoms with Crippen molar-refractivity contribution < 1.29 is 4.74 Å². The number of rotatable bonds is 6. The molecule has 19 heavy (non-hydrogen) atoms. The number of hydrogen-bond acceptors (Lipinski definition) is 3. The minimum atomic E-state index is 0.655. The summed E-state index contributed by atoms with van der Waals surface area (Å²) < 4.78 is 5.69. The highest BCUT2D eigenvalue weighted by atomic mass is 35.5. The Morgan fingerprint density at radius 3 is 3.11 bits per heavy atom. The molecule has 2 rings (SSSR count). The smallest absolute Gasteiger partial charge is 0.120 e. The fourth-order valence-corrected chi connectivity index (χ4v) is 2.56. The SMILES string of the molecule is C[C@H]1CNCCN1CCCCOc1cccc(Cl)c1. The Hall–Kier alpha value is -0.770. The Bertz CT molecular complexity index is 386. The van der Waals surface area contributed by atoms with Crippen LogP contribution in [0.2, 0.25) is 5.02 Å². The van der Waals surface area contributed by atoms with Gasteiger partial charge in [-0.25, -0.2) is 0 Å². The molecule has 1 N–H and O–H groups in total. The zero-order valence-corrected chi connectivity index (χ0v) is 12.3. The van der Waals surface area contributed by atoms with Crippen LogP contribution in [-0.2, 0) is 0 Å². The summed E-state index contributed by atoms with van der Waals surface area (Å²) >= 11 is 5.91. The standard InChI is InChI=1S/C15H23ClN2O/c1-13-12-17-7-9-18(13)8-2-3-10-19-15-6-4-5-14(16)11-15/h4-6,11,13,17H,2-3,7-10,12H2,1H3/t13-/m0/s1. The van der Waals surface area contributed by atoms with Gasteiger partial charge in [0.25, 0.3) is 0 Å². The summed E-state index contributed by atoms with van der Waals surface area (Å²) in [5.74, 6) is 0.864. The van der Waals surface area contributed by atoms with Crippen LogP contribution in [0.4, 0.5) is 0 Å². The normalized spacial score (nSPS) is 20.4. The lowest BCUT2D eigenvalue weighted by atomic mass is 10.2. The van der Waals surface area contributed by atoms with E-state index in [1.807, 2.05) is 24.3 Å². The molecule has 1 aromatic carbocycles. The largest absolute Gasteiger partial charge is 0.494 e. The maximum atomic E-state index is 5.91. The fourth-order valence-electron chi connectivity index (χ4n) is 2.38. The number of nitrogens with one attached hydrogen (secondary N) is 1. The van der Waals surface area contributed by atoms with Crippen molar-refractivity contribution in [3.05, 3.63) is 29.3 Å². The maximum Gasteiger partial charge on any atom is 0.120 e. The first kappa shape index (κ1) is 14.6. The van der Waals surface area contributed by atoms with Crippen molar-refractivity contribution in [3.8, 4) is 5.75 Å². The first-order chi connectivity index (χ1) is 9.25. The number of hydrogen-bond donors (Lipinski definition) is 1. The molecule has 1 heterocycles. The second-order valence-corrected chi connectivity index (χ2v) is 5.54. The van der Waals surface area contributed by atoms with Crippen molar-refractivity contribution in [2.45, 2.75) is 25.8 Å². The van der Waals surface area contributed by atoms with Crippen molar-refractivity contribution in [1.82, 2.24) is 10.2 Å². The van der Waals surface area contributed by atoms with Gasteiger partial charge in [0.15, 0.2) is 0 Å². The van der Waals surface area contributed by atoms with E-state index in [1.165, 1.54) is 13.0 Å². The van der Waals surface area contributed by atoms with E-state index in [-0.39, 0.29) is 0 Å². The van der Waals surface area contributed by atoms with Crippen molar-refractivity contribution in [2.75, 3.05) is 32.8 Å². The van der Waals surface area contributed by atoms with Gasteiger partial charge in [0.05, 0.1) is 6.61 Å². The molecule has 1 aromatic rings. The number of unbranched alkanes of at least 4 members (excludes halogenated alkanes) is 1. The van der Waals surface area contributed by atoms with Crippen LogP contribution < -0.4 is 10.1 Å². The molecule has 0 bridgehead atoms. The molecule has 1 aliphatic rings. The first-order valence-electron chi connectivity index (χ1n) is 7.09. The summed E-state index contributed by atoms with van der Waals surface area (Å²) in [6.45, 7) is 7.61. The van der Waals surface area contributed by atoms with E-state index in [4.69, 9.17) is 16.3 Å². The number of ether oxygens (including phenoxy) is 1. The predicted molar refractivity (Wildman–Crippen MR) is 80.1 cm³/mol. The summed E-state index contributed by atoms with van der Waals surface area (Å²) in [5.41, 5.74) is 0. The summed E-state index contributed by atoms with van der Waals surface area (Å²) in [5, 5.41) is 4.14. The van der Waals surface area contributed by atoms with Crippen LogP contribution in [-0.4, -0.2) is 43.7 Å². The van der Waals surface area contributed by atoms with Crippen molar-refractivity contribution >= 4 is 11.6 Å². The highest BCUT2D eigenvalue weighted by molar-refractivity contribution is 6.30. The van der Waals surface area contributed by atoms with Gasteiger partial charge in [-0.15, -0.1) is 0 Å². The molecular weight excluding hydrogens is 260 g/mol. The average Bonchev–Trinajstić information content (AvgIpc) is 2.40. The maximum absolute atomic E-state index is 5.91. The molecule has 1 saturated heterocycles. The van der Waals surface area contributed by atoms with Crippen LogP contribution in [0.25, 0.3) is 0 Å². The number of halogens is 1. The molecule has 0 amide bonds. The van der Waals surface area contributed by atoms with Crippen LogP contribution in [0.3, 0.4) is 0 Å². The summed E-state index contributed by atoms with van der Waals surface area (Å²) in [4.78, 5) is 2.55. The molecule has 0 radical (unpaired) electrons. The number of benzene rings is 1. The van der Waals surface area contributed by atoms with Crippen LogP contribution >= 0.6 is 11.6 Å². The quantitative estimate of drug-likeness (QED) is 0.812. The van der Waals surface area contributed by atoms with Gasteiger partial charge in [-0.2, -0.15) is 0 Å². The highest BCUT2D eigenvalue weighted by Gasteiger charge is 2.16. The number of nitrogens with zero attached hydrogens (tertiary/aromatic N) is 1. The van der Waals surface area contributed by atoms with Gasteiger partial charge in [0.2, 0.25) is 0 Å². The second-order valence-electron chi connectivity index (χ2n) is 5.10. The fraction of sp³-hybridized carbons (Fsp3) is 0.600. The van der Waals surface area contributed by atoms with Gasteiger partial charge >= 0.3 is 0 Å². The molecule has 1 atom stereocenters. The molecule has 3 nitrogen and oxygen atoms in total. The zero-order chi connectivity index (χ0) is 13.5. The minimum absolute atomic E-state index is 0.655. The van der Waals surface area contributed by atoms with Gasteiger partial charge in [-0.05, 0) is 44.5 Å². The second kappa shape index (κ2) is 7.73. The van der Waals surface area contributed by atoms with E-state index in [0.29, 0.717) is 6.04 Å². The Morgan fingerprint density at radius 2 is 2.32 bits per heavy atom. The summed E-state index contributed by atoms with van der Waals surface area (Å²) in [6, 6.07) is 8.24. The van der Waals surface area contributed by atoms with Crippen molar-refractivity contribution in [3.63, 3.8) is 0 Å². The monoisotopic (exact) mass is 282 g/mol. The van der Waals surface area contributed by atoms with E-state index >= 15 is 0 Å². The predicted octanol–water partition coefficient (Wildman–Crippen LogP) is 2.79. The molecule has 0 spiro atoms. The number of piperazine rings is 1. The Kier molecular flexibility index (Phi) is 5.95. The molecule has 0 saturated carbocycles. The lowest BCUT2D eigenvalue weighted by molar-refractivity contribution is 0.166. The third-order valence-corrected chi connectivity index (χ3v) is 3.78. The van der Waals surface area contributed by atoms with E-state index in [1.54, 1.807) is 0 Å². The van der Waals surface area contributed by atoms with Gasteiger partial charge < -0.3 is 10.1 Å². The van der Waals surface area contributed by atoms with E-state index in [2.05, 4.69) is 17.1 Å². The molecular formula is C15H23ClN2O. The third kappa shape index (κ3) is 5.01. The van der Waals surface area contributed by atoms with E-state index in [0.717, 1.165) is 43.4 Å². The molecule has 106 valence electrons. The van der Waals surface area contributed by atoms with Crippen LogP contribution in [0.5, 0.6) is 5.75 Å². The minimum Gasteiger partial charge on any atom is -0.494 e. The van der Waals surface area contributed by atoms with Crippen molar-refractivity contribution in [2.24, 2.45) is 0 Å². The van der Waals surface area contributed by atoms with Gasteiger partial charge in [-0.1, -0.05) is 17.7 Å². The van der Waals surface area contributed by atoms with Gasteiger partial charge in [0, 0.05) is 30.7 Å². The lowest BCUT2D eigenvalue weighted by Gasteiger charge is -2.33. The third-order valence-electron chi connectivity index (χ3n) is 3.54. The van der Waals surface area contributed by atoms with Crippen LogP contribution in [0, 0.1) is 0 Å². The molecule has 4 heteroatoms. The summed E-state index contributed by atoms with van der Waals surface area (Å²) in [6.07, 6.45) is 2.27. The van der Waals surface area contributed by atoms with Gasteiger partial charge in [-0.3, -0.25) is 4.90 Å². The Balaban J connectivity index is 1.59. The Labute approximate surface area is 120 Å². The molecule has 1 aliphatic heterocycles. The molecule has 0 aromatic heterocycles. The topological polar surface area (TPSA) is 24.5 Å². The molecule has 1 fully saturated rings. The summed E-state index contributed by atoms with van der Waals surface area (Å²) in [7, 11) is 0. The average molecular weight is 283 g/mol. The molecule has 0 aliphatic carbocycles. The van der Waals surface area contributed by atoms with Gasteiger partial charge in [0.1, 0.15) is 5.75 Å². The van der Waals surface area contributed by atoms with Crippen molar-refractivity contribution in [1.29, 1.82) is 0 Å². The van der Waals surface area contributed by atoms with E-state index < -0.39 is 0 Å². The van der Waals surface area contributed by atoms with Crippen LogP contribution in [0.15, 0.2) is 24.3 Å². The molecule has 0 unspecified atom stereocenters. The van der Waals surface area contributed by atoms with Crippen LogP contribution in [0.1, 0.15) is 19.8 Å². The van der Waals surface area contributed by atoms with E-state index in [9.17, 15) is 0 Å². The zero-order valence-electron chi connectivity index (χ0n) is 11.6. The first-order valence-corrected chi connectivity index (χ1v) is 7.46. The Morgan fingerprint density at radius 1 is 1.42 bits per heavy atom. The lowest BCUT2D eigenvalue weighted by Crippen LogP contribution is -2.49.